The van der Waals surface area contributed by atoms with Crippen LogP contribution in [0.4, 0.5) is 0 Å². The summed E-state index contributed by atoms with van der Waals surface area (Å²) in [6.45, 7) is 1.67. The van der Waals surface area contributed by atoms with E-state index in [1.54, 1.807) is 6.20 Å². The maximum absolute atomic E-state index is 5.23. The molecule has 1 aliphatic rings. The number of rotatable bonds is 4. The van der Waals surface area contributed by atoms with Gasteiger partial charge in [-0.2, -0.15) is 5.10 Å². The summed E-state index contributed by atoms with van der Waals surface area (Å²) in [6.07, 6.45) is 8.90. The van der Waals surface area contributed by atoms with Crippen molar-refractivity contribution in [3.63, 3.8) is 0 Å². The first kappa shape index (κ1) is 11.4. The lowest BCUT2D eigenvalue weighted by Gasteiger charge is -2.15. The van der Waals surface area contributed by atoms with Gasteiger partial charge in [0.05, 0.1) is 6.54 Å². The third kappa shape index (κ3) is 3.48. The zero-order valence-electron chi connectivity index (χ0n) is 9.35. The Labute approximate surface area is 101 Å². The molecule has 4 nitrogen and oxygen atoms in total. The van der Waals surface area contributed by atoms with Gasteiger partial charge >= 0.3 is 0 Å². The lowest BCUT2D eigenvalue weighted by molar-refractivity contribution is 0.584. The molecule has 0 saturated heterocycles. The summed E-state index contributed by atoms with van der Waals surface area (Å²) >= 11 is 5.23. The normalized spacial score (nSPS) is 16.2. The van der Waals surface area contributed by atoms with Crippen molar-refractivity contribution >= 4 is 17.3 Å². The molecule has 0 aliphatic heterocycles. The molecule has 0 bridgehead atoms. The highest BCUT2D eigenvalue weighted by Gasteiger charge is 2.14. The summed E-state index contributed by atoms with van der Waals surface area (Å²) in [5.74, 6) is 0. The second kappa shape index (κ2) is 5.84. The van der Waals surface area contributed by atoms with E-state index < -0.39 is 0 Å². The van der Waals surface area contributed by atoms with Crippen molar-refractivity contribution in [2.24, 2.45) is 0 Å². The Morgan fingerprint density at radius 1 is 1.44 bits per heavy atom. The Morgan fingerprint density at radius 2 is 2.25 bits per heavy atom. The number of aromatic nitrogens is 2. The highest BCUT2D eigenvalue weighted by atomic mass is 32.1. The molecule has 5 heteroatoms. The van der Waals surface area contributed by atoms with Crippen molar-refractivity contribution in [1.82, 2.24) is 20.4 Å². The van der Waals surface area contributed by atoms with Gasteiger partial charge in [0.2, 0.25) is 0 Å². The van der Waals surface area contributed by atoms with Crippen LogP contribution in [0.3, 0.4) is 0 Å². The molecule has 1 heterocycles. The van der Waals surface area contributed by atoms with Crippen molar-refractivity contribution in [1.29, 1.82) is 0 Å². The third-order valence-corrected chi connectivity index (χ3v) is 3.14. The van der Waals surface area contributed by atoms with Crippen molar-refractivity contribution in [2.45, 2.75) is 38.3 Å². The number of hydrogen-bond acceptors (Lipinski definition) is 2. The summed E-state index contributed by atoms with van der Waals surface area (Å²) in [5.41, 5.74) is 0. The maximum Gasteiger partial charge on any atom is 0.166 e. The van der Waals surface area contributed by atoms with Gasteiger partial charge in [0.25, 0.3) is 0 Å². The molecule has 88 valence electrons. The van der Waals surface area contributed by atoms with E-state index in [0.717, 1.165) is 18.2 Å². The molecule has 0 spiro atoms. The van der Waals surface area contributed by atoms with Crippen molar-refractivity contribution in [3.05, 3.63) is 18.5 Å². The average molecular weight is 238 g/mol. The van der Waals surface area contributed by atoms with Crippen molar-refractivity contribution in [2.75, 3.05) is 6.54 Å². The molecule has 1 aromatic rings. The molecule has 0 radical (unpaired) electrons. The van der Waals surface area contributed by atoms with Crippen LogP contribution in [0, 0.1) is 0 Å². The fourth-order valence-electron chi connectivity index (χ4n) is 2.02. The van der Waals surface area contributed by atoms with E-state index in [1.165, 1.54) is 25.7 Å². The van der Waals surface area contributed by atoms with Crippen LogP contribution >= 0.6 is 12.2 Å². The molecule has 0 amide bonds. The van der Waals surface area contributed by atoms with Gasteiger partial charge in [-0.3, -0.25) is 4.68 Å². The Kier molecular flexibility index (Phi) is 4.16. The second-order valence-electron chi connectivity index (χ2n) is 4.15. The quantitative estimate of drug-likeness (QED) is 0.776. The Balaban J connectivity index is 1.60. The van der Waals surface area contributed by atoms with Crippen LogP contribution in [0.2, 0.25) is 0 Å². The molecular weight excluding hydrogens is 220 g/mol. The van der Waals surface area contributed by atoms with Gasteiger partial charge < -0.3 is 10.6 Å². The molecule has 2 N–H and O–H groups in total. The molecule has 1 aromatic heterocycles. The van der Waals surface area contributed by atoms with Crippen LogP contribution in [-0.2, 0) is 6.54 Å². The van der Waals surface area contributed by atoms with E-state index in [-0.39, 0.29) is 0 Å². The predicted octanol–water partition coefficient (Wildman–Crippen LogP) is 1.29. The fraction of sp³-hybridized carbons (Fsp3) is 0.636. The topological polar surface area (TPSA) is 41.9 Å². The van der Waals surface area contributed by atoms with Gasteiger partial charge in [0.15, 0.2) is 5.11 Å². The maximum atomic E-state index is 5.23. The Bertz CT molecular complexity index is 317. The third-order valence-electron chi connectivity index (χ3n) is 2.88. The van der Waals surface area contributed by atoms with Gasteiger partial charge in [-0.1, -0.05) is 12.8 Å². The number of nitrogens with one attached hydrogen (secondary N) is 2. The summed E-state index contributed by atoms with van der Waals surface area (Å²) in [4.78, 5) is 0. The van der Waals surface area contributed by atoms with Gasteiger partial charge in [-0.25, -0.2) is 0 Å². The van der Waals surface area contributed by atoms with Crippen LogP contribution in [-0.4, -0.2) is 27.5 Å². The van der Waals surface area contributed by atoms with Crippen LogP contribution in [0.5, 0.6) is 0 Å². The summed E-state index contributed by atoms with van der Waals surface area (Å²) in [7, 11) is 0. The molecule has 16 heavy (non-hydrogen) atoms. The van der Waals surface area contributed by atoms with E-state index in [2.05, 4.69) is 15.7 Å². The van der Waals surface area contributed by atoms with Crippen LogP contribution in [0.1, 0.15) is 25.7 Å². The molecular formula is C11H18N4S. The van der Waals surface area contributed by atoms with Gasteiger partial charge in [-0.05, 0) is 31.1 Å². The number of thiocarbonyl (C=S) groups is 1. The summed E-state index contributed by atoms with van der Waals surface area (Å²) in [5, 5.41) is 11.5. The average Bonchev–Trinajstić information content (AvgIpc) is 2.90. The minimum Gasteiger partial charge on any atom is -0.361 e. The van der Waals surface area contributed by atoms with E-state index in [9.17, 15) is 0 Å². The van der Waals surface area contributed by atoms with E-state index in [1.807, 2.05) is 16.9 Å². The molecule has 0 atom stereocenters. The Morgan fingerprint density at radius 3 is 2.94 bits per heavy atom. The molecule has 2 rings (SSSR count). The second-order valence-corrected chi connectivity index (χ2v) is 4.56. The summed E-state index contributed by atoms with van der Waals surface area (Å²) < 4.78 is 1.89. The Hall–Kier alpha value is -1.10. The standard InChI is InChI=1S/C11H18N4S/c16-11(14-10-4-1-2-5-10)12-7-9-15-8-3-6-13-15/h3,6,8,10H,1-2,4-5,7,9H2,(H2,12,14,16). The molecule has 1 aliphatic carbocycles. The van der Waals surface area contributed by atoms with Gasteiger partial charge in [0, 0.05) is 25.0 Å². The first-order valence-electron chi connectivity index (χ1n) is 5.86. The van der Waals surface area contributed by atoms with Crippen LogP contribution in [0.25, 0.3) is 0 Å². The van der Waals surface area contributed by atoms with Crippen LogP contribution in [0.15, 0.2) is 18.5 Å². The zero-order valence-corrected chi connectivity index (χ0v) is 10.2. The van der Waals surface area contributed by atoms with Gasteiger partial charge in [-0.15, -0.1) is 0 Å². The minimum absolute atomic E-state index is 0.588. The molecule has 1 saturated carbocycles. The van der Waals surface area contributed by atoms with E-state index in [4.69, 9.17) is 12.2 Å². The lowest BCUT2D eigenvalue weighted by atomic mass is 10.3. The van der Waals surface area contributed by atoms with E-state index >= 15 is 0 Å². The molecule has 1 fully saturated rings. The molecule has 0 aromatic carbocycles. The van der Waals surface area contributed by atoms with Crippen molar-refractivity contribution < 1.29 is 0 Å². The SMILES string of the molecule is S=C(NCCn1cccn1)NC1CCCC1. The first-order chi connectivity index (χ1) is 7.84. The summed E-state index contributed by atoms with van der Waals surface area (Å²) in [6, 6.07) is 2.51. The minimum atomic E-state index is 0.588. The smallest absolute Gasteiger partial charge is 0.166 e. The predicted molar refractivity (Wildman–Crippen MR) is 68.2 cm³/mol. The van der Waals surface area contributed by atoms with Crippen molar-refractivity contribution in [3.8, 4) is 0 Å². The zero-order chi connectivity index (χ0) is 11.2. The fourth-order valence-corrected chi connectivity index (χ4v) is 2.29. The highest BCUT2D eigenvalue weighted by molar-refractivity contribution is 7.80. The number of nitrogens with zero attached hydrogens (tertiary/aromatic N) is 2. The molecule has 0 unspecified atom stereocenters. The largest absolute Gasteiger partial charge is 0.361 e. The number of hydrogen-bond donors (Lipinski definition) is 2. The lowest BCUT2D eigenvalue weighted by Crippen LogP contribution is -2.41. The van der Waals surface area contributed by atoms with E-state index in [0.29, 0.717) is 6.04 Å². The first-order valence-corrected chi connectivity index (χ1v) is 6.27. The van der Waals surface area contributed by atoms with Crippen LogP contribution < -0.4 is 10.6 Å². The van der Waals surface area contributed by atoms with Gasteiger partial charge in [0.1, 0.15) is 0 Å². The monoisotopic (exact) mass is 238 g/mol. The highest BCUT2D eigenvalue weighted by Crippen LogP contribution is 2.17.